The Morgan fingerprint density at radius 1 is 1.18 bits per heavy atom. The molecule has 0 fully saturated rings. The minimum atomic E-state index is -4.30. The molecule has 0 atom stereocenters. The van der Waals surface area contributed by atoms with Crippen molar-refractivity contribution in [2.45, 2.75) is 9.79 Å². The second kappa shape index (κ2) is 4.63. The molecule has 0 bridgehead atoms. The van der Waals surface area contributed by atoms with Gasteiger partial charge in [-0.3, -0.25) is 4.79 Å². The molecule has 2 N–H and O–H groups in total. The van der Waals surface area contributed by atoms with E-state index in [9.17, 15) is 22.4 Å². The van der Waals surface area contributed by atoms with Crippen molar-refractivity contribution in [2.75, 3.05) is 5.32 Å². The average molecular weight is 321 g/mol. The van der Waals surface area contributed by atoms with E-state index in [-0.39, 0.29) is 21.7 Å². The Kier molecular flexibility index (Phi) is 2.99. The van der Waals surface area contributed by atoms with Gasteiger partial charge in [0.1, 0.15) is 10.7 Å². The number of nitrogens with one attached hydrogen (secondary N) is 1. The van der Waals surface area contributed by atoms with Gasteiger partial charge in [0.25, 0.3) is 5.91 Å². The summed E-state index contributed by atoms with van der Waals surface area (Å²) in [6.45, 7) is 0. The molecule has 0 unspecified atom stereocenters. The van der Waals surface area contributed by atoms with Crippen molar-refractivity contribution in [3.63, 3.8) is 0 Å². The first kappa shape index (κ1) is 14.2. The highest BCUT2D eigenvalue weighted by atomic mass is 32.2. The van der Waals surface area contributed by atoms with Crippen LogP contribution < -0.4 is 5.32 Å². The van der Waals surface area contributed by atoms with E-state index in [4.69, 9.17) is 5.11 Å². The molecule has 1 amide bonds. The van der Waals surface area contributed by atoms with E-state index >= 15 is 0 Å². The molecule has 1 heterocycles. The van der Waals surface area contributed by atoms with Crippen LogP contribution in [0.25, 0.3) is 0 Å². The maximum atomic E-state index is 14.0. The molecule has 112 valence electrons. The zero-order valence-electron chi connectivity index (χ0n) is 10.8. The molecular formula is C14H8FNO5S. The fraction of sp³-hybridized carbons (Fsp3) is 0. The molecular weight excluding hydrogens is 313 g/mol. The topological polar surface area (TPSA) is 101 Å². The molecule has 2 aromatic rings. The zero-order chi connectivity index (χ0) is 16.1. The summed E-state index contributed by atoms with van der Waals surface area (Å²) in [5.74, 6) is -3.13. The van der Waals surface area contributed by atoms with E-state index in [0.29, 0.717) is 0 Å². The van der Waals surface area contributed by atoms with Crippen molar-refractivity contribution in [1.82, 2.24) is 0 Å². The Morgan fingerprint density at radius 2 is 1.91 bits per heavy atom. The number of amides is 1. The van der Waals surface area contributed by atoms with Crippen LogP contribution in [0.4, 0.5) is 10.1 Å². The van der Waals surface area contributed by atoms with E-state index in [1.54, 1.807) is 0 Å². The number of carboxylic acid groups (broad SMARTS) is 1. The lowest BCUT2D eigenvalue weighted by Crippen LogP contribution is -2.13. The van der Waals surface area contributed by atoms with Crippen LogP contribution in [0.2, 0.25) is 0 Å². The quantitative estimate of drug-likeness (QED) is 0.836. The summed E-state index contributed by atoms with van der Waals surface area (Å²) in [4.78, 5) is 22.0. The third-order valence-corrected chi connectivity index (χ3v) is 5.13. The molecule has 0 spiro atoms. The number of carbonyl (C=O) groups excluding carboxylic acids is 1. The lowest BCUT2D eigenvalue weighted by molar-refractivity contribution is 0.0696. The van der Waals surface area contributed by atoms with Crippen molar-refractivity contribution in [2.24, 2.45) is 0 Å². The fourth-order valence-electron chi connectivity index (χ4n) is 2.26. The van der Waals surface area contributed by atoms with Crippen molar-refractivity contribution in [3.8, 4) is 0 Å². The normalized spacial score (nSPS) is 15.2. The molecule has 1 aliphatic rings. The number of sulfone groups is 1. The van der Waals surface area contributed by atoms with Crippen LogP contribution in [0.1, 0.15) is 20.7 Å². The van der Waals surface area contributed by atoms with Gasteiger partial charge in [0.15, 0.2) is 0 Å². The highest BCUT2D eigenvalue weighted by Gasteiger charge is 2.34. The van der Waals surface area contributed by atoms with Crippen LogP contribution in [0.3, 0.4) is 0 Å². The van der Waals surface area contributed by atoms with Gasteiger partial charge in [-0.05, 0) is 30.3 Å². The number of rotatable bonds is 1. The van der Waals surface area contributed by atoms with E-state index in [0.717, 1.165) is 24.3 Å². The molecule has 6 nitrogen and oxygen atoms in total. The van der Waals surface area contributed by atoms with Crippen molar-refractivity contribution in [1.29, 1.82) is 0 Å². The predicted molar refractivity (Wildman–Crippen MR) is 73.2 cm³/mol. The Bertz CT molecular complexity index is 936. The van der Waals surface area contributed by atoms with Gasteiger partial charge in [-0.25, -0.2) is 17.6 Å². The van der Waals surface area contributed by atoms with E-state index in [1.807, 2.05) is 0 Å². The van der Waals surface area contributed by atoms with Crippen LogP contribution in [0.15, 0.2) is 46.2 Å². The molecule has 1 aliphatic heterocycles. The van der Waals surface area contributed by atoms with Crippen LogP contribution in [0.5, 0.6) is 0 Å². The highest BCUT2D eigenvalue weighted by Crippen LogP contribution is 2.35. The maximum Gasteiger partial charge on any atom is 0.335 e. The third kappa shape index (κ3) is 1.96. The van der Waals surface area contributed by atoms with Crippen LogP contribution in [0, 0.1) is 5.82 Å². The van der Waals surface area contributed by atoms with Gasteiger partial charge in [-0.1, -0.05) is 6.07 Å². The minimum Gasteiger partial charge on any atom is -0.478 e. The number of aromatic carboxylic acids is 1. The number of fused-ring (bicyclic) bond motifs is 2. The summed E-state index contributed by atoms with van der Waals surface area (Å²) in [5.41, 5.74) is -0.714. The first-order valence-corrected chi connectivity index (χ1v) is 7.53. The van der Waals surface area contributed by atoms with E-state index in [2.05, 4.69) is 5.32 Å². The molecule has 22 heavy (non-hydrogen) atoms. The summed E-state index contributed by atoms with van der Waals surface area (Å²) in [7, 11) is -4.30. The second-order valence-electron chi connectivity index (χ2n) is 4.59. The highest BCUT2D eigenvalue weighted by molar-refractivity contribution is 7.91. The summed E-state index contributed by atoms with van der Waals surface area (Å²) in [5, 5.41) is 11.3. The van der Waals surface area contributed by atoms with E-state index < -0.39 is 32.4 Å². The number of hydrogen-bond donors (Lipinski definition) is 2. The van der Waals surface area contributed by atoms with Gasteiger partial charge in [-0.15, -0.1) is 0 Å². The molecule has 0 saturated carbocycles. The van der Waals surface area contributed by atoms with Gasteiger partial charge in [0.2, 0.25) is 9.84 Å². The fourth-order valence-corrected chi connectivity index (χ4v) is 3.90. The van der Waals surface area contributed by atoms with Gasteiger partial charge in [0, 0.05) is 0 Å². The minimum absolute atomic E-state index is 0.194. The number of carboxylic acids is 1. The van der Waals surface area contributed by atoms with Gasteiger partial charge < -0.3 is 10.4 Å². The Hall–Kier alpha value is -2.74. The lowest BCUT2D eigenvalue weighted by Gasteiger charge is -2.08. The lowest BCUT2D eigenvalue weighted by atomic mass is 10.1. The molecule has 0 aromatic heterocycles. The zero-order valence-corrected chi connectivity index (χ0v) is 11.6. The van der Waals surface area contributed by atoms with Crippen molar-refractivity contribution in [3.05, 3.63) is 53.3 Å². The van der Waals surface area contributed by atoms with Gasteiger partial charge in [0.05, 0.1) is 21.7 Å². The number of anilines is 1. The van der Waals surface area contributed by atoms with Crippen molar-refractivity contribution >= 4 is 27.4 Å². The summed E-state index contributed by atoms with van der Waals surface area (Å²) in [6, 6.07) is 6.50. The molecule has 0 aliphatic carbocycles. The molecule has 3 rings (SSSR count). The Labute approximate surface area is 124 Å². The van der Waals surface area contributed by atoms with Gasteiger partial charge >= 0.3 is 5.97 Å². The standard InChI is InChI=1S/C14H8FNO5S/c15-9-3-1-2-8-12(9)22(20,21)11-5-4-7(14(18)19)6-10(11)16-13(8)17/h1-6H,(H,16,17)(H,18,19). The Morgan fingerprint density at radius 3 is 2.59 bits per heavy atom. The van der Waals surface area contributed by atoms with E-state index in [1.165, 1.54) is 12.1 Å². The Balaban J connectivity index is 2.37. The number of benzene rings is 2. The SMILES string of the molecule is O=C(O)c1ccc2c(c1)NC(=O)c1cccc(F)c1S2(=O)=O. The molecule has 8 heteroatoms. The number of carbonyl (C=O) groups is 2. The summed E-state index contributed by atoms with van der Waals surface area (Å²) >= 11 is 0. The predicted octanol–water partition coefficient (Wildman–Crippen LogP) is 1.92. The first-order valence-electron chi connectivity index (χ1n) is 6.04. The maximum absolute atomic E-state index is 14.0. The van der Waals surface area contributed by atoms with Crippen LogP contribution in [-0.2, 0) is 9.84 Å². The van der Waals surface area contributed by atoms with Crippen LogP contribution in [-0.4, -0.2) is 25.4 Å². The largest absolute Gasteiger partial charge is 0.478 e. The first-order chi connectivity index (χ1) is 10.3. The van der Waals surface area contributed by atoms with Crippen molar-refractivity contribution < 1.29 is 27.5 Å². The molecule has 0 radical (unpaired) electrons. The average Bonchev–Trinajstić information content (AvgIpc) is 2.53. The number of halogens is 1. The van der Waals surface area contributed by atoms with Crippen LogP contribution >= 0.6 is 0 Å². The smallest absolute Gasteiger partial charge is 0.335 e. The summed E-state index contributed by atoms with van der Waals surface area (Å²) in [6.07, 6.45) is 0. The second-order valence-corrected chi connectivity index (χ2v) is 6.45. The van der Waals surface area contributed by atoms with Gasteiger partial charge in [-0.2, -0.15) is 0 Å². The molecule has 2 aromatic carbocycles. The third-order valence-electron chi connectivity index (χ3n) is 3.24. The molecule has 0 saturated heterocycles. The number of hydrogen-bond acceptors (Lipinski definition) is 4. The monoisotopic (exact) mass is 321 g/mol. The summed E-state index contributed by atoms with van der Waals surface area (Å²) < 4.78 is 39.1.